The third kappa shape index (κ3) is 10.7. The zero-order valence-corrected chi connectivity index (χ0v) is 11.9. The third-order valence-corrected chi connectivity index (χ3v) is 4.22. The van der Waals surface area contributed by atoms with E-state index in [0.717, 1.165) is 13.0 Å². The van der Waals surface area contributed by atoms with E-state index in [1.807, 2.05) is 6.92 Å². The second kappa shape index (κ2) is 9.82. The van der Waals surface area contributed by atoms with Gasteiger partial charge in [0.05, 0.1) is 19.0 Å². The van der Waals surface area contributed by atoms with E-state index in [9.17, 15) is 8.42 Å². The van der Waals surface area contributed by atoms with Crippen molar-refractivity contribution in [2.45, 2.75) is 26.3 Å². The van der Waals surface area contributed by atoms with Crippen molar-refractivity contribution >= 4 is 9.84 Å². The van der Waals surface area contributed by atoms with Gasteiger partial charge in [0.15, 0.2) is 9.84 Å². The lowest BCUT2D eigenvalue weighted by atomic mass is 10.3. The predicted molar refractivity (Wildman–Crippen MR) is 69.1 cm³/mol. The van der Waals surface area contributed by atoms with Gasteiger partial charge in [0.2, 0.25) is 0 Å². The fourth-order valence-electron chi connectivity index (χ4n) is 1.32. The molecule has 0 heterocycles. The summed E-state index contributed by atoms with van der Waals surface area (Å²) in [6, 6.07) is -0.000995. The molecule has 1 atom stereocenters. The molecule has 0 rings (SSSR count). The van der Waals surface area contributed by atoms with Crippen LogP contribution in [-0.2, 0) is 19.3 Å². The monoisotopic (exact) mass is 267 g/mol. The summed E-state index contributed by atoms with van der Waals surface area (Å²) in [6.45, 7) is 6.22. The summed E-state index contributed by atoms with van der Waals surface area (Å²) in [5.41, 5.74) is 0. The van der Waals surface area contributed by atoms with Gasteiger partial charge in [-0.05, 0) is 19.9 Å². The number of methoxy groups -OCH3 is 1. The van der Waals surface area contributed by atoms with Gasteiger partial charge in [0, 0.05) is 25.5 Å². The van der Waals surface area contributed by atoms with Crippen LogP contribution in [0.2, 0.25) is 0 Å². The largest absolute Gasteiger partial charge is 0.382 e. The van der Waals surface area contributed by atoms with Crippen LogP contribution in [0.15, 0.2) is 0 Å². The van der Waals surface area contributed by atoms with Crippen LogP contribution in [0.25, 0.3) is 0 Å². The average molecular weight is 267 g/mol. The zero-order chi connectivity index (χ0) is 13.1. The summed E-state index contributed by atoms with van der Waals surface area (Å²) in [6.07, 6.45) is 0.875. The molecule has 0 aliphatic rings. The minimum Gasteiger partial charge on any atom is -0.382 e. The molecule has 0 aromatic carbocycles. The van der Waals surface area contributed by atoms with Gasteiger partial charge >= 0.3 is 0 Å². The molecular formula is C11H25NO4S. The van der Waals surface area contributed by atoms with E-state index in [1.165, 1.54) is 0 Å². The standard InChI is InChI=1S/C11H25NO4S/c1-4-17(13,14)10-11(2)12-6-5-7-16-9-8-15-3/h11-12H,4-10H2,1-3H3. The number of nitrogens with one attached hydrogen (secondary N) is 1. The fourth-order valence-corrected chi connectivity index (χ4v) is 2.44. The molecule has 0 aliphatic heterocycles. The highest BCUT2D eigenvalue weighted by Crippen LogP contribution is 1.94. The van der Waals surface area contributed by atoms with Crippen molar-refractivity contribution in [2.24, 2.45) is 0 Å². The summed E-state index contributed by atoms with van der Waals surface area (Å²) in [5.74, 6) is 0.410. The molecule has 17 heavy (non-hydrogen) atoms. The first-order chi connectivity index (χ1) is 8.02. The Morgan fingerprint density at radius 3 is 2.53 bits per heavy atom. The Kier molecular flexibility index (Phi) is 9.72. The van der Waals surface area contributed by atoms with Crippen LogP contribution in [-0.4, -0.2) is 59.4 Å². The molecule has 0 fully saturated rings. The van der Waals surface area contributed by atoms with Gasteiger partial charge in [-0.15, -0.1) is 0 Å². The number of ether oxygens (including phenoxy) is 2. The van der Waals surface area contributed by atoms with Crippen LogP contribution in [0.4, 0.5) is 0 Å². The number of hydrogen-bond acceptors (Lipinski definition) is 5. The van der Waals surface area contributed by atoms with Crippen molar-refractivity contribution in [2.75, 3.05) is 45.0 Å². The molecule has 104 valence electrons. The van der Waals surface area contributed by atoms with Gasteiger partial charge in [-0.25, -0.2) is 8.42 Å². The van der Waals surface area contributed by atoms with Crippen LogP contribution in [0, 0.1) is 0 Å². The SMILES string of the molecule is CCS(=O)(=O)CC(C)NCCCOCCOC. The first-order valence-electron chi connectivity index (χ1n) is 6.02. The van der Waals surface area contributed by atoms with Gasteiger partial charge in [0.1, 0.15) is 0 Å². The van der Waals surface area contributed by atoms with E-state index in [-0.39, 0.29) is 17.5 Å². The van der Waals surface area contributed by atoms with Crippen molar-refractivity contribution in [1.82, 2.24) is 5.32 Å². The van der Waals surface area contributed by atoms with Gasteiger partial charge in [-0.1, -0.05) is 6.92 Å². The van der Waals surface area contributed by atoms with Crippen LogP contribution in [0.3, 0.4) is 0 Å². The van der Waals surface area contributed by atoms with Gasteiger partial charge in [-0.3, -0.25) is 0 Å². The van der Waals surface area contributed by atoms with Crippen LogP contribution in [0.5, 0.6) is 0 Å². The van der Waals surface area contributed by atoms with Crippen LogP contribution < -0.4 is 5.32 Å². The summed E-state index contributed by atoms with van der Waals surface area (Å²) in [7, 11) is -1.24. The third-order valence-electron chi connectivity index (χ3n) is 2.33. The van der Waals surface area contributed by atoms with Gasteiger partial charge in [-0.2, -0.15) is 0 Å². The molecule has 0 saturated heterocycles. The first kappa shape index (κ1) is 16.8. The Hall–Kier alpha value is -0.170. The molecule has 1 N–H and O–H groups in total. The quantitative estimate of drug-likeness (QED) is 0.551. The van der Waals surface area contributed by atoms with Gasteiger partial charge in [0.25, 0.3) is 0 Å². The second-order valence-corrected chi connectivity index (χ2v) is 6.41. The Balaban J connectivity index is 3.43. The Morgan fingerprint density at radius 2 is 1.94 bits per heavy atom. The highest BCUT2D eigenvalue weighted by atomic mass is 32.2. The van der Waals surface area contributed by atoms with Gasteiger partial charge < -0.3 is 14.8 Å². The van der Waals surface area contributed by atoms with Crippen molar-refractivity contribution < 1.29 is 17.9 Å². The lowest BCUT2D eigenvalue weighted by Crippen LogP contribution is -2.34. The molecule has 0 radical (unpaired) electrons. The maximum Gasteiger partial charge on any atom is 0.151 e. The Labute approximate surface area is 105 Å². The molecule has 0 amide bonds. The Bertz CT molecular complexity index is 267. The predicted octanol–water partition coefficient (Wildman–Crippen LogP) is 0.452. The van der Waals surface area contributed by atoms with Crippen molar-refractivity contribution in [3.05, 3.63) is 0 Å². The number of rotatable bonds is 11. The summed E-state index contributed by atoms with van der Waals surface area (Å²) >= 11 is 0. The molecule has 0 aliphatic carbocycles. The highest BCUT2D eigenvalue weighted by molar-refractivity contribution is 7.91. The van der Waals surface area contributed by atoms with E-state index < -0.39 is 9.84 Å². The maximum atomic E-state index is 11.3. The smallest absolute Gasteiger partial charge is 0.151 e. The molecule has 0 bridgehead atoms. The van der Waals surface area contributed by atoms with E-state index in [2.05, 4.69) is 5.32 Å². The molecule has 1 unspecified atom stereocenters. The summed E-state index contributed by atoms with van der Waals surface area (Å²) < 4.78 is 32.8. The lowest BCUT2D eigenvalue weighted by molar-refractivity contribution is 0.0693. The fraction of sp³-hybridized carbons (Fsp3) is 1.00. The number of hydrogen-bond donors (Lipinski definition) is 1. The molecular weight excluding hydrogens is 242 g/mol. The van der Waals surface area contributed by atoms with Crippen LogP contribution in [0.1, 0.15) is 20.3 Å². The van der Waals surface area contributed by atoms with E-state index in [4.69, 9.17) is 9.47 Å². The summed E-state index contributed by atoms with van der Waals surface area (Å²) in [5, 5.41) is 3.17. The van der Waals surface area contributed by atoms with Crippen LogP contribution >= 0.6 is 0 Å². The minimum atomic E-state index is -2.88. The zero-order valence-electron chi connectivity index (χ0n) is 11.1. The maximum absolute atomic E-state index is 11.3. The Morgan fingerprint density at radius 1 is 1.24 bits per heavy atom. The van der Waals surface area contributed by atoms with Crippen molar-refractivity contribution in [1.29, 1.82) is 0 Å². The molecule has 0 saturated carbocycles. The first-order valence-corrected chi connectivity index (χ1v) is 7.84. The average Bonchev–Trinajstić information content (AvgIpc) is 2.27. The van der Waals surface area contributed by atoms with Crippen molar-refractivity contribution in [3.8, 4) is 0 Å². The molecule has 0 aromatic rings. The molecule has 0 aromatic heterocycles. The van der Waals surface area contributed by atoms with E-state index in [1.54, 1.807) is 14.0 Å². The second-order valence-electron chi connectivity index (χ2n) is 4.01. The van der Waals surface area contributed by atoms with E-state index in [0.29, 0.717) is 19.8 Å². The molecule has 6 heteroatoms. The van der Waals surface area contributed by atoms with E-state index >= 15 is 0 Å². The number of sulfone groups is 1. The molecule has 5 nitrogen and oxygen atoms in total. The molecule has 0 spiro atoms. The van der Waals surface area contributed by atoms with Crippen molar-refractivity contribution in [3.63, 3.8) is 0 Å². The minimum absolute atomic E-state index is 0.000995. The lowest BCUT2D eigenvalue weighted by Gasteiger charge is -2.13. The topological polar surface area (TPSA) is 64.6 Å². The highest BCUT2D eigenvalue weighted by Gasteiger charge is 2.12. The summed E-state index contributed by atoms with van der Waals surface area (Å²) in [4.78, 5) is 0. The normalized spacial score (nSPS) is 13.8.